The van der Waals surface area contributed by atoms with Crippen molar-refractivity contribution >= 4 is 5.78 Å². The lowest BCUT2D eigenvalue weighted by Gasteiger charge is -2.06. The van der Waals surface area contributed by atoms with Gasteiger partial charge in [0, 0.05) is 12.0 Å². The highest BCUT2D eigenvalue weighted by molar-refractivity contribution is 5.97. The topological polar surface area (TPSA) is 26.3 Å². The van der Waals surface area contributed by atoms with Gasteiger partial charge < -0.3 is 4.74 Å². The lowest BCUT2D eigenvalue weighted by atomic mass is 9.99. The van der Waals surface area contributed by atoms with Crippen LogP contribution in [0.3, 0.4) is 0 Å². The van der Waals surface area contributed by atoms with Gasteiger partial charge in [-0.05, 0) is 60.2 Å². The van der Waals surface area contributed by atoms with Crippen LogP contribution in [0.15, 0.2) is 42.5 Å². The molecule has 0 aliphatic heterocycles. The monoisotopic (exact) mass is 266 g/mol. The van der Waals surface area contributed by atoms with Crippen LogP contribution in [0.25, 0.3) is 0 Å². The van der Waals surface area contributed by atoms with E-state index >= 15 is 0 Å². The van der Waals surface area contributed by atoms with Crippen LogP contribution >= 0.6 is 0 Å². The van der Waals surface area contributed by atoms with E-state index in [1.165, 1.54) is 24.0 Å². The molecule has 0 spiro atoms. The number of fused-ring (bicyclic) bond motifs is 1. The van der Waals surface area contributed by atoms with E-state index in [4.69, 9.17) is 4.74 Å². The second-order valence-corrected chi connectivity index (χ2v) is 5.29. The molecular formula is C18H18O2. The number of Topliss-reactive ketones (excluding diaryl/α,β-unsaturated/α-hetero) is 1. The van der Waals surface area contributed by atoms with Crippen molar-refractivity contribution in [1.29, 1.82) is 0 Å². The molecule has 0 N–H and O–H groups in total. The van der Waals surface area contributed by atoms with Gasteiger partial charge >= 0.3 is 0 Å². The molecule has 0 saturated heterocycles. The Morgan fingerprint density at radius 2 is 1.80 bits per heavy atom. The molecule has 1 aliphatic carbocycles. The Balaban J connectivity index is 1.75. The summed E-state index contributed by atoms with van der Waals surface area (Å²) in [6.07, 6.45) is 4.05. The van der Waals surface area contributed by atoms with Crippen LogP contribution in [0.2, 0.25) is 0 Å². The van der Waals surface area contributed by atoms with Crippen LogP contribution in [0, 0.1) is 0 Å². The first-order valence-electron chi connectivity index (χ1n) is 7.04. The average Bonchev–Trinajstić information content (AvgIpc) is 2.95. The summed E-state index contributed by atoms with van der Waals surface area (Å²) in [5.74, 6) is 0.935. The number of methoxy groups -OCH3 is 1. The summed E-state index contributed by atoms with van der Waals surface area (Å²) in [4.78, 5) is 12.3. The van der Waals surface area contributed by atoms with Gasteiger partial charge in [0.25, 0.3) is 0 Å². The first-order valence-corrected chi connectivity index (χ1v) is 7.04. The van der Waals surface area contributed by atoms with Crippen LogP contribution < -0.4 is 4.74 Å². The smallest absolute Gasteiger partial charge is 0.167 e. The lowest BCUT2D eigenvalue weighted by molar-refractivity contribution is 0.0993. The van der Waals surface area contributed by atoms with Crippen LogP contribution in [0.5, 0.6) is 5.75 Å². The summed E-state index contributed by atoms with van der Waals surface area (Å²) >= 11 is 0. The van der Waals surface area contributed by atoms with E-state index in [0.29, 0.717) is 6.42 Å². The van der Waals surface area contributed by atoms with Crippen molar-refractivity contribution in [1.82, 2.24) is 0 Å². The molecule has 20 heavy (non-hydrogen) atoms. The van der Waals surface area contributed by atoms with Crippen LogP contribution in [0.4, 0.5) is 0 Å². The number of carbonyl (C=O) groups excluding carboxylic acids is 1. The lowest BCUT2D eigenvalue weighted by Crippen LogP contribution is -2.04. The molecule has 2 aromatic carbocycles. The number of rotatable bonds is 4. The van der Waals surface area contributed by atoms with Crippen molar-refractivity contribution in [2.24, 2.45) is 0 Å². The van der Waals surface area contributed by atoms with Crippen molar-refractivity contribution in [3.05, 3.63) is 64.7 Å². The fourth-order valence-corrected chi connectivity index (χ4v) is 2.80. The number of aryl methyl sites for hydroxylation is 2. The quantitative estimate of drug-likeness (QED) is 0.790. The summed E-state index contributed by atoms with van der Waals surface area (Å²) in [6, 6.07) is 13.8. The van der Waals surface area contributed by atoms with Gasteiger partial charge in [-0.3, -0.25) is 4.79 Å². The Morgan fingerprint density at radius 1 is 1.05 bits per heavy atom. The van der Waals surface area contributed by atoms with Crippen molar-refractivity contribution in [3.63, 3.8) is 0 Å². The molecule has 102 valence electrons. The van der Waals surface area contributed by atoms with Crippen LogP contribution in [-0.4, -0.2) is 12.9 Å². The van der Waals surface area contributed by atoms with Gasteiger partial charge in [-0.1, -0.05) is 18.2 Å². The summed E-state index contributed by atoms with van der Waals surface area (Å²) in [5.41, 5.74) is 4.73. The molecule has 0 amide bonds. The molecule has 1 aliphatic rings. The van der Waals surface area contributed by atoms with Gasteiger partial charge in [0.05, 0.1) is 7.11 Å². The second kappa shape index (κ2) is 5.49. The fourth-order valence-electron chi connectivity index (χ4n) is 2.80. The number of ketones is 1. The maximum absolute atomic E-state index is 12.3. The number of hydrogen-bond donors (Lipinski definition) is 0. The summed E-state index contributed by atoms with van der Waals surface area (Å²) in [6.45, 7) is 0. The number of ether oxygens (including phenoxy) is 1. The van der Waals surface area contributed by atoms with Crippen LogP contribution in [0.1, 0.15) is 33.5 Å². The average molecular weight is 266 g/mol. The van der Waals surface area contributed by atoms with E-state index in [0.717, 1.165) is 23.3 Å². The fraction of sp³-hybridized carbons (Fsp3) is 0.278. The highest BCUT2D eigenvalue weighted by Gasteiger charge is 2.13. The zero-order chi connectivity index (χ0) is 13.9. The van der Waals surface area contributed by atoms with E-state index in [-0.39, 0.29) is 5.78 Å². The Labute approximate surface area is 119 Å². The predicted octanol–water partition coefficient (Wildman–Crippen LogP) is 3.61. The zero-order valence-corrected chi connectivity index (χ0v) is 11.7. The highest BCUT2D eigenvalue weighted by Crippen LogP contribution is 2.23. The largest absolute Gasteiger partial charge is 0.497 e. The van der Waals surface area contributed by atoms with E-state index < -0.39 is 0 Å². The normalized spacial score (nSPS) is 13.1. The third-order valence-corrected chi connectivity index (χ3v) is 3.94. The van der Waals surface area contributed by atoms with Crippen molar-refractivity contribution in [2.75, 3.05) is 7.11 Å². The predicted molar refractivity (Wildman–Crippen MR) is 79.5 cm³/mol. The first kappa shape index (κ1) is 12.9. The molecule has 0 saturated carbocycles. The van der Waals surface area contributed by atoms with Gasteiger partial charge in [-0.15, -0.1) is 0 Å². The number of benzene rings is 2. The molecule has 0 bridgehead atoms. The Bertz CT molecular complexity index is 626. The minimum atomic E-state index is 0.158. The minimum absolute atomic E-state index is 0.158. The van der Waals surface area contributed by atoms with Crippen molar-refractivity contribution < 1.29 is 9.53 Å². The van der Waals surface area contributed by atoms with Crippen molar-refractivity contribution in [2.45, 2.75) is 25.7 Å². The van der Waals surface area contributed by atoms with Gasteiger partial charge in [0.2, 0.25) is 0 Å². The molecule has 0 radical (unpaired) electrons. The van der Waals surface area contributed by atoms with E-state index in [1.807, 2.05) is 24.3 Å². The zero-order valence-electron chi connectivity index (χ0n) is 11.7. The standard InChI is InChI=1S/C18H18O2/c1-20-17-9-7-15(8-10-17)18(19)12-13-5-6-14-3-2-4-16(14)11-13/h5-11H,2-4,12H2,1H3. The molecule has 0 unspecified atom stereocenters. The van der Waals surface area contributed by atoms with E-state index in [9.17, 15) is 4.79 Å². The summed E-state index contributed by atoms with van der Waals surface area (Å²) < 4.78 is 5.11. The molecule has 2 nitrogen and oxygen atoms in total. The second-order valence-electron chi connectivity index (χ2n) is 5.29. The van der Waals surface area contributed by atoms with E-state index in [2.05, 4.69) is 18.2 Å². The molecule has 2 aromatic rings. The van der Waals surface area contributed by atoms with Gasteiger partial charge in [0.15, 0.2) is 5.78 Å². The van der Waals surface area contributed by atoms with Gasteiger partial charge in [0.1, 0.15) is 5.75 Å². The Kier molecular flexibility index (Phi) is 3.55. The SMILES string of the molecule is COc1ccc(C(=O)Cc2ccc3c(c2)CCC3)cc1. The molecule has 2 heteroatoms. The van der Waals surface area contributed by atoms with E-state index in [1.54, 1.807) is 7.11 Å². The van der Waals surface area contributed by atoms with Crippen LogP contribution in [-0.2, 0) is 19.3 Å². The molecule has 3 rings (SSSR count). The number of carbonyl (C=O) groups is 1. The highest BCUT2D eigenvalue weighted by atomic mass is 16.5. The maximum Gasteiger partial charge on any atom is 0.167 e. The molecule has 0 fully saturated rings. The third kappa shape index (κ3) is 2.60. The molecular weight excluding hydrogens is 248 g/mol. The van der Waals surface area contributed by atoms with Crippen molar-refractivity contribution in [3.8, 4) is 5.75 Å². The maximum atomic E-state index is 12.3. The number of hydrogen-bond acceptors (Lipinski definition) is 2. The Morgan fingerprint density at radius 3 is 2.55 bits per heavy atom. The first-order chi connectivity index (χ1) is 9.76. The summed E-state index contributed by atoms with van der Waals surface area (Å²) in [5, 5.41) is 0. The molecule has 0 aromatic heterocycles. The molecule has 0 heterocycles. The Hall–Kier alpha value is -2.09. The minimum Gasteiger partial charge on any atom is -0.497 e. The third-order valence-electron chi connectivity index (χ3n) is 3.94. The summed E-state index contributed by atoms with van der Waals surface area (Å²) in [7, 11) is 1.63. The van der Waals surface area contributed by atoms with Gasteiger partial charge in [-0.25, -0.2) is 0 Å². The van der Waals surface area contributed by atoms with Gasteiger partial charge in [-0.2, -0.15) is 0 Å². The molecule has 0 atom stereocenters.